The average Bonchev–Trinajstić information content (AvgIpc) is 2.94. The van der Waals surface area contributed by atoms with E-state index in [2.05, 4.69) is 21.9 Å². The van der Waals surface area contributed by atoms with Gasteiger partial charge in [0.2, 0.25) is 5.95 Å². The molecule has 4 heterocycles. The molecule has 2 aliphatic heterocycles. The lowest BCUT2D eigenvalue weighted by atomic mass is 9.92. The molecule has 7 heteroatoms. The molecule has 2 aliphatic rings. The highest BCUT2D eigenvalue weighted by Gasteiger charge is 2.38. The Labute approximate surface area is 132 Å². The number of aromatic amines is 1. The lowest BCUT2D eigenvalue weighted by Crippen LogP contribution is -2.56. The SMILES string of the molecule is CN1C2COCC1CC(OC(=O)c1c[nH]c3c(F)nccc13)C2. The fraction of sp³-hybridized carbons (Fsp3) is 0.500. The van der Waals surface area contributed by atoms with Crippen LogP contribution in [0.25, 0.3) is 10.9 Å². The van der Waals surface area contributed by atoms with Crippen molar-refractivity contribution >= 4 is 16.9 Å². The zero-order valence-electron chi connectivity index (χ0n) is 12.8. The number of hydrogen-bond donors (Lipinski definition) is 1. The van der Waals surface area contributed by atoms with Crippen LogP contribution in [-0.4, -0.2) is 59.3 Å². The smallest absolute Gasteiger partial charge is 0.340 e. The van der Waals surface area contributed by atoms with Crippen molar-refractivity contribution in [1.82, 2.24) is 14.9 Å². The van der Waals surface area contributed by atoms with Crippen LogP contribution in [0.2, 0.25) is 0 Å². The van der Waals surface area contributed by atoms with Crippen molar-refractivity contribution in [3.63, 3.8) is 0 Å². The van der Waals surface area contributed by atoms with Gasteiger partial charge in [-0.15, -0.1) is 0 Å². The summed E-state index contributed by atoms with van der Waals surface area (Å²) in [7, 11) is 2.09. The number of carbonyl (C=O) groups is 1. The molecule has 1 N–H and O–H groups in total. The first kappa shape index (κ1) is 14.6. The van der Waals surface area contributed by atoms with Crippen LogP contribution in [-0.2, 0) is 9.47 Å². The highest BCUT2D eigenvalue weighted by molar-refractivity contribution is 6.03. The van der Waals surface area contributed by atoms with Gasteiger partial charge >= 0.3 is 5.97 Å². The maximum absolute atomic E-state index is 13.6. The number of carbonyl (C=O) groups excluding carboxylic acids is 1. The van der Waals surface area contributed by atoms with Crippen molar-refractivity contribution in [3.05, 3.63) is 30.0 Å². The molecule has 23 heavy (non-hydrogen) atoms. The lowest BCUT2D eigenvalue weighted by molar-refractivity contribution is -0.0970. The predicted octanol–water partition coefficient (Wildman–Crippen LogP) is 1.72. The van der Waals surface area contributed by atoms with Gasteiger partial charge in [0.15, 0.2) is 0 Å². The van der Waals surface area contributed by atoms with Crippen molar-refractivity contribution in [3.8, 4) is 0 Å². The largest absolute Gasteiger partial charge is 0.459 e. The molecule has 0 amide bonds. The summed E-state index contributed by atoms with van der Waals surface area (Å²) in [6.45, 7) is 1.34. The fourth-order valence-electron chi connectivity index (χ4n) is 3.55. The Balaban J connectivity index is 1.52. The Morgan fingerprint density at radius 3 is 2.91 bits per heavy atom. The minimum absolute atomic E-state index is 0.130. The number of pyridine rings is 1. The number of halogens is 1. The van der Waals surface area contributed by atoms with Crippen LogP contribution in [0.15, 0.2) is 18.5 Å². The molecule has 122 valence electrons. The van der Waals surface area contributed by atoms with E-state index in [1.165, 1.54) is 12.4 Å². The van der Waals surface area contributed by atoms with Crippen molar-refractivity contribution in [2.75, 3.05) is 20.3 Å². The number of nitrogens with one attached hydrogen (secondary N) is 1. The monoisotopic (exact) mass is 319 g/mol. The molecule has 2 fully saturated rings. The van der Waals surface area contributed by atoms with Crippen LogP contribution in [0.3, 0.4) is 0 Å². The van der Waals surface area contributed by atoms with Crippen LogP contribution in [0, 0.1) is 5.95 Å². The second-order valence-corrected chi connectivity index (χ2v) is 6.24. The van der Waals surface area contributed by atoms with Crippen molar-refractivity contribution in [2.24, 2.45) is 0 Å². The van der Waals surface area contributed by atoms with Gasteiger partial charge in [-0.1, -0.05) is 0 Å². The summed E-state index contributed by atoms with van der Waals surface area (Å²) in [5, 5.41) is 0.499. The van der Waals surface area contributed by atoms with Crippen molar-refractivity contribution in [1.29, 1.82) is 0 Å². The van der Waals surface area contributed by atoms with Crippen LogP contribution in [0.1, 0.15) is 23.2 Å². The van der Waals surface area contributed by atoms with E-state index in [1.54, 1.807) is 6.07 Å². The third-order valence-corrected chi connectivity index (χ3v) is 4.89. The van der Waals surface area contributed by atoms with E-state index in [4.69, 9.17) is 9.47 Å². The van der Waals surface area contributed by atoms with E-state index in [0.29, 0.717) is 24.2 Å². The molecule has 0 aromatic carbocycles. The third-order valence-electron chi connectivity index (χ3n) is 4.89. The first-order chi connectivity index (χ1) is 11.1. The lowest BCUT2D eigenvalue weighted by Gasteiger charge is -2.46. The molecule has 0 radical (unpaired) electrons. The number of morpholine rings is 1. The summed E-state index contributed by atoms with van der Waals surface area (Å²) in [4.78, 5) is 21.1. The average molecular weight is 319 g/mol. The molecule has 4 rings (SSSR count). The highest BCUT2D eigenvalue weighted by Crippen LogP contribution is 2.29. The number of aromatic nitrogens is 2. The standard InChI is InChI=1S/C16H18FN3O3/c1-20-9-4-11(5-10(20)8-22-7-9)23-16(21)13-6-19-14-12(13)2-3-18-15(14)17/h2-3,6,9-11,19H,4-5,7-8H2,1H3. The van der Waals surface area contributed by atoms with Gasteiger partial charge in [0.05, 0.1) is 18.8 Å². The molecule has 2 saturated heterocycles. The Morgan fingerprint density at radius 1 is 1.43 bits per heavy atom. The van der Waals surface area contributed by atoms with E-state index in [-0.39, 0.29) is 23.7 Å². The second kappa shape index (κ2) is 5.58. The molecule has 2 aromatic heterocycles. The van der Waals surface area contributed by atoms with Gasteiger partial charge in [-0.05, 0) is 13.1 Å². The Hall–Kier alpha value is -1.99. The van der Waals surface area contributed by atoms with E-state index in [0.717, 1.165) is 12.8 Å². The minimum Gasteiger partial charge on any atom is -0.459 e. The second-order valence-electron chi connectivity index (χ2n) is 6.24. The number of likely N-dealkylation sites (N-methyl/N-ethyl adjacent to an activating group) is 1. The highest BCUT2D eigenvalue weighted by atomic mass is 19.1. The maximum Gasteiger partial charge on any atom is 0.340 e. The molecule has 2 aromatic rings. The third kappa shape index (κ3) is 2.49. The normalized spacial score (nSPS) is 28.0. The number of piperidine rings is 1. The molecule has 6 nitrogen and oxygen atoms in total. The number of rotatable bonds is 2. The molecule has 0 saturated carbocycles. The summed E-state index contributed by atoms with van der Waals surface area (Å²) in [6.07, 6.45) is 4.22. The predicted molar refractivity (Wildman–Crippen MR) is 80.6 cm³/mol. The quantitative estimate of drug-likeness (QED) is 0.674. The van der Waals surface area contributed by atoms with Gasteiger partial charge in [0.1, 0.15) is 11.6 Å². The number of hydrogen-bond acceptors (Lipinski definition) is 5. The van der Waals surface area contributed by atoms with Gasteiger partial charge in [-0.2, -0.15) is 4.39 Å². The molecule has 0 aliphatic carbocycles. The summed E-state index contributed by atoms with van der Waals surface area (Å²) in [5.74, 6) is -1.04. The van der Waals surface area contributed by atoms with Crippen LogP contribution in [0.5, 0.6) is 0 Å². The zero-order chi connectivity index (χ0) is 16.0. The van der Waals surface area contributed by atoms with Crippen LogP contribution < -0.4 is 0 Å². The maximum atomic E-state index is 13.6. The first-order valence-corrected chi connectivity index (χ1v) is 7.75. The summed E-state index contributed by atoms with van der Waals surface area (Å²) >= 11 is 0. The molecule has 0 spiro atoms. The molecule has 2 unspecified atom stereocenters. The molecule has 2 bridgehead atoms. The summed E-state index contributed by atoms with van der Waals surface area (Å²) < 4.78 is 24.9. The molecule has 2 atom stereocenters. The number of fused-ring (bicyclic) bond motifs is 3. The summed E-state index contributed by atoms with van der Waals surface area (Å²) in [5.41, 5.74) is 0.578. The number of nitrogens with zero attached hydrogens (tertiary/aromatic N) is 2. The van der Waals surface area contributed by atoms with E-state index in [9.17, 15) is 9.18 Å². The van der Waals surface area contributed by atoms with E-state index < -0.39 is 11.9 Å². The Morgan fingerprint density at radius 2 is 2.17 bits per heavy atom. The van der Waals surface area contributed by atoms with Crippen molar-refractivity contribution < 1.29 is 18.7 Å². The van der Waals surface area contributed by atoms with Crippen LogP contribution in [0.4, 0.5) is 4.39 Å². The van der Waals surface area contributed by atoms with Gasteiger partial charge in [-0.25, -0.2) is 9.78 Å². The van der Waals surface area contributed by atoms with Crippen molar-refractivity contribution in [2.45, 2.75) is 31.0 Å². The summed E-state index contributed by atoms with van der Waals surface area (Å²) in [6, 6.07) is 2.18. The Bertz CT molecular complexity index is 733. The fourth-order valence-corrected chi connectivity index (χ4v) is 3.55. The first-order valence-electron chi connectivity index (χ1n) is 7.75. The van der Waals surface area contributed by atoms with E-state index >= 15 is 0 Å². The van der Waals surface area contributed by atoms with Gasteiger partial charge in [0, 0.05) is 42.7 Å². The molecular formula is C16H18FN3O3. The number of esters is 1. The topological polar surface area (TPSA) is 67.5 Å². The van der Waals surface area contributed by atoms with E-state index in [1.807, 2.05) is 0 Å². The van der Waals surface area contributed by atoms with Gasteiger partial charge < -0.3 is 14.5 Å². The molecular weight excluding hydrogens is 301 g/mol. The van der Waals surface area contributed by atoms with Crippen LogP contribution >= 0.6 is 0 Å². The number of H-pyrrole nitrogens is 1. The minimum atomic E-state index is -0.618. The zero-order valence-corrected chi connectivity index (χ0v) is 12.8. The number of ether oxygens (including phenoxy) is 2. The van der Waals surface area contributed by atoms with Gasteiger partial charge in [-0.3, -0.25) is 4.90 Å². The Kier molecular flexibility index (Phi) is 3.54. The van der Waals surface area contributed by atoms with Gasteiger partial charge in [0.25, 0.3) is 0 Å².